The second kappa shape index (κ2) is 12.1. The Bertz CT molecular complexity index is 1320. The summed E-state index contributed by atoms with van der Waals surface area (Å²) >= 11 is 6.21. The summed E-state index contributed by atoms with van der Waals surface area (Å²) < 4.78 is 41.5. The molecular formula is C28H31ClFN3O3S. The first kappa shape index (κ1) is 27.1. The van der Waals surface area contributed by atoms with Gasteiger partial charge in [0.15, 0.2) is 0 Å². The largest absolute Gasteiger partial charge is 0.337 e. The summed E-state index contributed by atoms with van der Waals surface area (Å²) in [5.41, 5.74) is 2.58. The lowest BCUT2D eigenvalue weighted by atomic mass is 10.1. The highest BCUT2D eigenvalue weighted by atomic mass is 35.5. The number of rotatable bonds is 5. The summed E-state index contributed by atoms with van der Waals surface area (Å²) in [4.78, 5) is 17.4. The Labute approximate surface area is 223 Å². The van der Waals surface area contributed by atoms with Crippen molar-refractivity contribution in [2.45, 2.75) is 25.9 Å². The number of anilines is 1. The molecule has 1 amide bonds. The number of carbonyl (C=O) groups is 1. The average Bonchev–Trinajstić information content (AvgIpc) is 2.89. The van der Waals surface area contributed by atoms with Gasteiger partial charge in [0.05, 0.1) is 18.4 Å². The number of carbonyl (C=O) groups excluding carboxylic acids is 1. The number of halogens is 2. The zero-order valence-electron chi connectivity index (χ0n) is 20.8. The van der Waals surface area contributed by atoms with Crippen molar-refractivity contribution in [3.63, 3.8) is 0 Å². The Morgan fingerprint density at radius 3 is 2.38 bits per heavy atom. The SMILES string of the molecule is CS(=O)(=O)N1CCCN(Cc2ccccc2)CCN(C(=O)Cc2c(F)cccc2Cl)Cc2ccccc21. The summed E-state index contributed by atoms with van der Waals surface area (Å²) in [6.07, 6.45) is 1.66. The van der Waals surface area contributed by atoms with Gasteiger partial charge in [-0.2, -0.15) is 0 Å². The summed E-state index contributed by atoms with van der Waals surface area (Å²) in [5.74, 6) is -0.792. The van der Waals surface area contributed by atoms with Gasteiger partial charge in [-0.1, -0.05) is 66.2 Å². The van der Waals surface area contributed by atoms with Gasteiger partial charge in [0.25, 0.3) is 0 Å². The Morgan fingerprint density at radius 2 is 1.65 bits per heavy atom. The lowest BCUT2D eigenvalue weighted by Gasteiger charge is -2.28. The maximum Gasteiger partial charge on any atom is 0.232 e. The number of sulfonamides is 1. The summed E-state index contributed by atoms with van der Waals surface area (Å²) in [7, 11) is -3.55. The molecule has 0 atom stereocenters. The van der Waals surface area contributed by atoms with Crippen LogP contribution in [0.1, 0.15) is 23.1 Å². The molecule has 3 aromatic carbocycles. The molecule has 0 bridgehead atoms. The van der Waals surface area contributed by atoms with Crippen LogP contribution in [0, 0.1) is 5.82 Å². The van der Waals surface area contributed by atoms with Crippen molar-refractivity contribution in [2.75, 3.05) is 36.7 Å². The van der Waals surface area contributed by atoms with E-state index in [4.69, 9.17) is 11.6 Å². The van der Waals surface area contributed by atoms with Crippen molar-refractivity contribution in [3.05, 3.63) is 100 Å². The molecule has 0 N–H and O–H groups in total. The van der Waals surface area contributed by atoms with Crippen LogP contribution < -0.4 is 4.31 Å². The summed E-state index contributed by atoms with van der Waals surface area (Å²) in [6, 6.07) is 21.6. The second-order valence-corrected chi connectivity index (χ2v) is 11.6. The van der Waals surface area contributed by atoms with Gasteiger partial charge >= 0.3 is 0 Å². The van der Waals surface area contributed by atoms with Crippen molar-refractivity contribution in [1.82, 2.24) is 9.80 Å². The molecule has 196 valence electrons. The van der Waals surface area contributed by atoms with Gasteiger partial charge in [0.2, 0.25) is 15.9 Å². The molecule has 1 heterocycles. The van der Waals surface area contributed by atoms with Gasteiger partial charge in [-0.15, -0.1) is 0 Å². The number of hydrogen-bond donors (Lipinski definition) is 0. The minimum Gasteiger partial charge on any atom is -0.337 e. The first-order valence-corrected chi connectivity index (χ1v) is 14.5. The standard InChI is InChI=1S/C28H31ClFN3O3S/c1-37(35,36)33-16-8-15-31(20-22-9-3-2-4-10-22)17-18-32(21-23-11-5-6-14-27(23)33)28(34)19-24-25(29)12-7-13-26(24)30/h2-7,9-14H,8,15-21H2,1H3. The molecule has 37 heavy (non-hydrogen) atoms. The van der Waals surface area contributed by atoms with Gasteiger partial charge in [-0.3, -0.25) is 14.0 Å². The van der Waals surface area contributed by atoms with Crippen LogP contribution in [0.25, 0.3) is 0 Å². The highest BCUT2D eigenvalue weighted by molar-refractivity contribution is 7.92. The molecular weight excluding hydrogens is 513 g/mol. The lowest BCUT2D eigenvalue weighted by molar-refractivity contribution is -0.131. The Morgan fingerprint density at radius 1 is 0.919 bits per heavy atom. The highest BCUT2D eigenvalue weighted by Crippen LogP contribution is 2.27. The third-order valence-corrected chi connectivity index (χ3v) is 8.07. The number of para-hydroxylation sites is 1. The van der Waals surface area contributed by atoms with Crippen molar-refractivity contribution < 1.29 is 17.6 Å². The number of nitrogens with zero attached hydrogens (tertiary/aromatic N) is 3. The van der Waals surface area contributed by atoms with Crippen LogP contribution in [0.15, 0.2) is 72.8 Å². The highest BCUT2D eigenvalue weighted by Gasteiger charge is 2.25. The minimum absolute atomic E-state index is 0.163. The normalized spacial score (nSPS) is 15.6. The topological polar surface area (TPSA) is 60.9 Å². The third kappa shape index (κ3) is 7.09. The van der Waals surface area contributed by atoms with E-state index in [0.717, 1.165) is 11.1 Å². The smallest absolute Gasteiger partial charge is 0.232 e. The van der Waals surface area contributed by atoms with E-state index in [1.165, 1.54) is 22.7 Å². The molecule has 0 unspecified atom stereocenters. The maximum absolute atomic E-state index is 14.5. The van der Waals surface area contributed by atoms with Crippen LogP contribution in [0.3, 0.4) is 0 Å². The van der Waals surface area contributed by atoms with E-state index in [2.05, 4.69) is 4.90 Å². The third-order valence-electron chi connectivity index (χ3n) is 6.53. The molecule has 4 rings (SSSR count). The molecule has 0 aliphatic carbocycles. The van der Waals surface area contributed by atoms with Gasteiger partial charge in [-0.05, 0) is 35.7 Å². The predicted octanol–water partition coefficient (Wildman–Crippen LogP) is 4.72. The quantitative estimate of drug-likeness (QED) is 0.467. The summed E-state index contributed by atoms with van der Waals surface area (Å²) in [5, 5.41) is 0.209. The minimum atomic E-state index is -3.55. The second-order valence-electron chi connectivity index (χ2n) is 9.27. The van der Waals surface area contributed by atoms with Gasteiger partial charge in [0.1, 0.15) is 5.82 Å². The molecule has 0 spiro atoms. The van der Waals surface area contributed by atoms with Crippen LogP contribution in [0.2, 0.25) is 5.02 Å². The van der Waals surface area contributed by atoms with Crippen LogP contribution >= 0.6 is 11.6 Å². The van der Waals surface area contributed by atoms with E-state index in [1.54, 1.807) is 23.1 Å². The molecule has 3 aromatic rings. The van der Waals surface area contributed by atoms with Crippen molar-refractivity contribution in [1.29, 1.82) is 0 Å². The number of benzene rings is 3. The first-order chi connectivity index (χ1) is 17.7. The van der Waals surface area contributed by atoms with E-state index < -0.39 is 15.8 Å². The Kier molecular flexibility index (Phi) is 8.84. The van der Waals surface area contributed by atoms with E-state index in [1.807, 2.05) is 42.5 Å². The molecule has 6 nitrogen and oxygen atoms in total. The van der Waals surface area contributed by atoms with Crippen LogP contribution in [-0.2, 0) is 34.3 Å². The Hall–Kier alpha value is -2.94. The first-order valence-electron chi connectivity index (χ1n) is 12.2. The van der Waals surface area contributed by atoms with E-state index in [-0.39, 0.29) is 29.5 Å². The molecule has 1 aliphatic heterocycles. The Balaban J connectivity index is 1.67. The van der Waals surface area contributed by atoms with E-state index in [0.29, 0.717) is 44.8 Å². The molecule has 1 aliphatic rings. The average molecular weight is 544 g/mol. The van der Waals surface area contributed by atoms with Crippen molar-refractivity contribution in [2.24, 2.45) is 0 Å². The van der Waals surface area contributed by atoms with E-state index in [9.17, 15) is 17.6 Å². The fraction of sp³-hybridized carbons (Fsp3) is 0.321. The van der Waals surface area contributed by atoms with Crippen LogP contribution in [0.4, 0.5) is 10.1 Å². The molecule has 0 fully saturated rings. The lowest BCUT2D eigenvalue weighted by Crippen LogP contribution is -2.39. The van der Waals surface area contributed by atoms with Crippen molar-refractivity contribution in [3.8, 4) is 0 Å². The number of fused-ring (bicyclic) bond motifs is 1. The van der Waals surface area contributed by atoms with Gasteiger partial charge in [0, 0.05) is 49.9 Å². The molecule has 0 saturated carbocycles. The summed E-state index contributed by atoms with van der Waals surface area (Å²) in [6.45, 7) is 2.86. The number of amides is 1. The maximum atomic E-state index is 14.5. The molecule has 0 aromatic heterocycles. The molecule has 0 saturated heterocycles. The van der Waals surface area contributed by atoms with Crippen LogP contribution in [0.5, 0.6) is 0 Å². The monoisotopic (exact) mass is 543 g/mol. The molecule has 0 radical (unpaired) electrons. The van der Waals surface area contributed by atoms with Crippen molar-refractivity contribution >= 4 is 33.2 Å². The number of hydrogen-bond acceptors (Lipinski definition) is 4. The fourth-order valence-electron chi connectivity index (χ4n) is 4.63. The zero-order valence-corrected chi connectivity index (χ0v) is 22.4. The van der Waals surface area contributed by atoms with E-state index >= 15 is 0 Å². The van der Waals surface area contributed by atoms with Gasteiger partial charge in [-0.25, -0.2) is 12.8 Å². The predicted molar refractivity (Wildman–Crippen MR) is 145 cm³/mol. The zero-order chi connectivity index (χ0) is 26.4. The van der Waals surface area contributed by atoms with Crippen LogP contribution in [-0.4, -0.2) is 56.6 Å². The fourth-order valence-corrected chi connectivity index (χ4v) is 5.85. The molecule has 9 heteroatoms. The van der Waals surface area contributed by atoms with Gasteiger partial charge < -0.3 is 4.90 Å².